The zero-order valence-electron chi connectivity index (χ0n) is 13.9. The molecule has 25 heavy (non-hydrogen) atoms. The number of halogens is 1. The first-order chi connectivity index (χ1) is 12.1. The maximum Gasteiger partial charge on any atom is 0.260 e. The third-order valence-corrected chi connectivity index (χ3v) is 4.60. The van der Waals surface area contributed by atoms with Gasteiger partial charge in [0.15, 0.2) is 0 Å². The van der Waals surface area contributed by atoms with Gasteiger partial charge in [-0.05, 0) is 31.5 Å². The van der Waals surface area contributed by atoms with E-state index in [0.29, 0.717) is 33.5 Å². The van der Waals surface area contributed by atoms with Gasteiger partial charge in [-0.3, -0.25) is 9.79 Å². The predicted octanol–water partition coefficient (Wildman–Crippen LogP) is 4.01. The van der Waals surface area contributed by atoms with Crippen LogP contribution in [0.4, 0.5) is 11.6 Å². The van der Waals surface area contributed by atoms with E-state index in [1.54, 1.807) is 37.5 Å². The van der Waals surface area contributed by atoms with E-state index < -0.39 is 0 Å². The highest BCUT2D eigenvalue weighted by atomic mass is 35.5. The van der Waals surface area contributed by atoms with Gasteiger partial charge < -0.3 is 14.6 Å². The minimum Gasteiger partial charge on any atom is -0.442 e. The molecule has 2 aliphatic heterocycles. The van der Waals surface area contributed by atoms with Crippen molar-refractivity contribution in [2.45, 2.75) is 26.3 Å². The summed E-state index contributed by atoms with van der Waals surface area (Å²) >= 11 is 5.99. The lowest BCUT2D eigenvalue weighted by Crippen LogP contribution is -2.31. The molecule has 0 fully saturated rings. The smallest absolute Gasteiger partial charge is 0.260 e. The molecule has 0 saturated heterocycles. The Morgan fingerprint density at radius 1 is 1.48 bits per heavy atom. The molecule has 1 N–H and O–H groups in total. The lowest BCUT2D eigenvalue weighted by molar-refractivity contribution is 0.102. The van der Waals surface area contributed by atoms with Gasteiger partial charge in [-0.25, -0.2) is 4.99 Å². The molecular formula is C18H17ClN4O2. The first-order valence-corrected chi connectivity index (χ1v) is 8.54. The average Bonchev–Trinajstić information content (AvgIpc) is 3.14. The van der Waals surface area contributed by atoms with Crippen LogP contribution in [0.1, 0.15) is 35.0 Å². The SMILES string of the molecule is CCC1CN2C=Nc3oc(C)c(C(=O)Nc4cccc(Cl)c4)c3C2=N1. The molecule has 2 aliphatic rings. The van der Waals surface area contributed by atoms with Gasteiger partial charge in [0.1, 0.15) is 17.9 Å². The number of amides is 1. The predicted molar refractivity (Wildman–Crippen MR) is 98.3 cm³/mol. The fourth-order valence-corrected chi connectivity index (χ4v) is 3.31. The molecule has 6 nitrogen and oxygen atoms in total. The molecule has 3 heterocycles. The van der Waals surface area contributed by atoms with Crippen molar-refractivity contribution in [3.05, 3.63) is 46.2 Å². The van der Waals surface area contributed by atoms with Gasteiger partial charge in [-0.2, -0.15) is 0 Å². The normalized spacial score (nSPS) is 18.0. The topological polar surface area (TPSA) is 70.2 Å². The van der Waals surface area contributed by atoms with E-state index in [1.165, 1.54) is 0 Å². The zero-order valence-corrected chi connectivity index (χ0v) is 14.7. The summed E-state index contributed by atoms with van der Waals surface area (Å²) < 4.78 is 5.70. The van der Waals surface area contributed by atoms with E-state index in [-0.39, 0.29) is 11.9 Å². The van der Waals surface area contributed by atoms with Crippen LogP contribution in [0.2, 0.25) is 5.02 Å². The summed E-state index contributed by atoms with van der Waals surface area (Å²) in [6, 6.07) is 7.23. The standard InChI is InChI=1S/C18H17ClN4O2/c1-3-12-8-23-9-20-18-15(16(23)21-12)14(10(2)25-18)17(24)22-13-6-4-5-11(19)7-13/h4-7,9,12H,3,8H2,1-2H3,(H,22,24). The van der Waals surface area contributed by atoms with E-state index >= 15 is 0 Å². The van der Waals surface area contributed by atoms with E-state index in [2.05, 4.69) is 17.2 Å². The van der Waals surface area contributed by atoms with Gasteiger partial charge in [0, 0.05) is 17.3 Å². The van der Waals surface area contributed by atoms with E-state index in [9.17, 15) is 4.79 Å². The lowest BCUT2D eigenvalue weighted by Gasteiger charge is -2.18. The third kappa shape index (κ3) is 2.72. The minimum atomic E-state index is -0.260. The first kappa shape index (κ1) is 15.9. The number of aryl methyl sites for hydroxylation is 1. The minimum absolute atomic E-state index is 0.200. The van der Waals surface area contributed by atoms with E-state index in [0.717, 1.165) is 18.8 Å². The van der Waals surface area contributed by atoms with Crippen LogP contribution in [-0.2, 0) is 0 Å². The number of aliphatic imine (C=N–C) groups is 2. The van der Waals surface area contributed by atoms with Crippen LogP contribution in [0.3, 0.4) is 0 Å². The van der Waals surface area contributed by atoms with Crippen LogP contribution in [0.15, 0.2) is 38.7 Å². The highest BCUT2D eigenvalue weighted by Crippen LogP contribution is 2.35. The molecule has 1 amide bonds. The molecule has 7 heteroatoms. The molecule has 1 unspecified atom stereocenters. The number of carbonyl (C=O) groups is 1. The Balaban J connectivity index is 1.73. The summed E-state index contributed by atoms with van der Waals surface area (Å²) in [4.78, 5) is 23.9. The maximum absolute atomic E-state index is 12.9. The van der Waals surface area contributed by atoms with Crippen molar-refractivity contribution in [2.24, 2.45) is 9.98 Å². The van der Waals surface area contributed by atoms with Crippen molar-refractivity contribution in [2.75, 3.05) is 11.9 Å². The average molecular weight is 357 g/mol. The van der Waals surface area contributed by atoms with Crippen LogP contribution < -0.4 is 5.32 Å². The van der Waals surface area contributed by atoms with Gasteiger partial charge >= 0.3 is 0 Å². The number of carbonyl (C=O) groups excluding carboxylic acids is 1. The number of fused-ring (bicyclic) bond motifs is 3. The summed E-state index contributed by atoms with van der Waals surface area (Å²) in [5, 5.41) is 3.43. The number of furan rings is 1. The van der Waals surface area contributed by atoms with Crippen molar-refractivity contribution >= 4 is 41.3 Å². The number of rotatable bonds is 3. The fraction of sp³-hybridized carbons (Fsp3) is 0.278. The molecular weight excluding hydrogens is 340 g/mol. The monoisotopic (exact) mass is 356 g/mol. The Hall–Kier alpha value is -2.60. The number of hydrogen-bond acceptors (Lipinski definition) is 5. The lowest BCUT2D eigenvalue weighted by atomic mass is 10.1. The maximum atomic E-state index is 12.9. The molecule has 4 rings (SSSR count). The van der Waals surface area contributed by atoms with Crippen molar-refractivity contribution in [3.8, 4) is 0 Å². The Kier molecular flexibility index (Phi) is 3.84. The summed E-state index contributed by atoms with van der Waals surface area (Å²) in [6.07, 6.45) is 2.66. The summed E-state index contributed by atoms with van der Waals surface area (Å²) in [5.74, 6) is 1.45. The summed E-state index contributed by atoms with van der Waals surface area (Å²) in [5.41, 5.74) is 1.76. The Labute approximate surface area is 150 Å². The molecule has 1 atom stereocenters. The number of amidine groups is 1. The van der Waals surface area contributed by atoms with Crippen molar-refractivity contribution in [1.82, 2.24) is 4.90 Å². The fourth-order valence-electron chi connectivity index (χ4n) is 3.12. The van der Waals surface area contributed by atoms with Crippen LogP contribution in [0, 0.1) is 6.92 Å². The molecule has 0 aliphatic carbocycles. The number of hydrogen-bond donors (Lipinski definition) is 1. The number of nitrogens with one attached hydrogen (secondary N) is 1. The van der Waals surface area contributed by atoms with Gasteiger partial charge in [-0.1, -0.05) is 24.6 Å². The number of anilines is 1. The van der Waals surface area contributed by atoms with Crippen LogP contribution in [0.5, 0.6) is 0 Å². The van der Waals surface area contributed by atoms with Gasteiger partial charge in [0.25, 0.3) is 5.91 Å². The Morgan fingerprint density at radius 2 is 2.32 bits per heavy atom. The van der Waals surface area contributed by atoms with Gasteiger partial charge in [-0.15, -0.1) is 0 Å². The second-order valence-corrected chi connectivity index (χ2v) is 6.53. The molecule has 1 aromatic heterocycles. The van der Waals surface area contributed by atoms with Crippen LogP contribution in [-0.4, -0.2) is 35.6 Å². The second kappa shape index (κ2) is 6.04. The molecule has 2 aromatic rings. The largest absolute Gasteiger partial charge is 0.442 e. The molecule has 0 radical (unpaired) electrons. The zero-order chi connectivity index (χ0) is 17.6. The molecule has 1 aromatic carbocycles. The molecule has 0 saturated carbocycles. The van der Waals surface area contributed by atoms with Crippen molar-refractivity contribution in [3.63, 3.8) is 0 Å². The second-order valence-electron chi connectivity index (χ2n) is 6.09. The van der Waals surface area contributed by atoms with Crippen LogP contribution in [0.25, 0.3) is 0 Å². The Morgan fingerprint density at radius 3 is 3.08 bits per heavy atom. The van der Waals surface area contributed by atoms with Gasteiger partial charge in [0.2, 0.25) is 5.88 Å². The highest BCUT2D eigenvalue weighted by Gasteiger charge is 2.35. The van der Waals surface area contributed by atoms with E-state index in [1.807, 2.05) is 4.90 Å². The highest BCUT2D eigenvalue weighted by molar-refractivity contribution is 6.31. The van der Waals surface area contributed by atoms with Gasteiger partial charge in [0.05, 0.1) is 17.2 Å². The molecule has 0 spiro atoms. The Bertz CT molecular complexity index is 916. The number of benzene rings is 1. The van der Waals surface area contributed by atoms with Crippen molar-refractivity contribution < 1.29 is 9.21 Å². The van der Waals surface area contributed by atoms with Crippen LogP contribution >= 0.6 is 11.6 Å². The van der Waals surface area contributed by atoms with E-state index in [4.69, 9.17) is 21.0 Å². The third-order valence-electron chi connectivity index (χ3n) is 4.37. The summed E-state index contributed by atoms with van der Waals surface area (Å²) in [7, 11) is 0. The van der Waals surface area contributed by atoms with Crippen molar-refractivity contribution in [1.29, 1.82) is 0 Å². The molecule has 128 valence electrons. The first-order valence-electron chi connectivity index (χ1n) is 8.16. The summed E-state index contributed by atoms with van der Waals surface area (Å²) in [6.45, 7) is 4.63. The number of nitrogens with zero attached hydrogens (tertiary/aromatic N) is 3. The molecule has 0 bridgehead atoms. The quantitative estimate of drug-likeness (QED) is 0.903.